The summed E-state index contributed by atoms with van der Waals surface area (Å²) in [4.78, 5) is 2.55. The summed E-state index contributed by atoms with van der Waals surface area (Å²) in [5, 5.41) is 0. The lowest BCUT2D eigenvalue weighted by Gasteiger charge is -2.23. The summed E-state index contributed by atoms with van der Waals surface area (Å²) >= 11 is 0. The molecule has 13 heavy (non-hydrogen) atoms. The maximum absolute atomic E-state index is 5.97. The van der Waals surface area contributed by atoms with Gasteiger partial charge in [0.1, 0.15) is 0 Å². The Morgan fingerprint density at radius 2 is 2.00 bits per heavy atom. The number of hydrogen-bond donors (Lipinski definition) is 0. The molecule has 2 rings (SSSR count). The van der Waals surface area contributed by atoms with Crippen molar-refractivity contribution in [1.29, 1.82) is 0 Å². The first-order chi connectivity index (χ1) is 6.16. The van der Waals surface area contributed by atoms with Crippen LogP contribution in [0, 0.1) is 0 Å². The lowest BCUT2D eigenvalue weighted by atomic mass is 10.1. The molecule has 2 heterocycles. The average molecular weight is 183 g/mol. The van der Waals surface area contributed by atoms with Crippen molar-refractivity contribution in [2.75, 3.05) is 19.6 Å². The second-order valence-electron chi connectivity index (χ2n) is 5.05. The Kier molecular flexibility index (Phi) is 2.61. The zero-order chi connectivity index (χ0) is 9.31. The second-order valence-corrected chi connectivity index (χ2v) is 5.05. The maximum atomic E-state index is 5.97. The molecule has 1 unspecified atom stereocenters. The molecule has 0 saturated carbocycles. The standard InChI is InChI=1S/C11H21NO/c1-11(2)6-5-10(13-11)9-12-7-3-4-8-12/h10H,3-9H2,1-2H3. The van der Waals surface area contributed by atoms with Crippen LogP contribution in [0.25, 0.3) is 0 Å². The lowest BCUT2D eigenvalue weighted by molar-refractivity contribution is -0.0262. The van der Waals surface area contributed by atoms with E-state index in [1.807, 2.05) is 0 Å². The van der Waals surface area contributed by atoms with E-state index in [0.29, 0.717) is 6.10 Å². The van der Waals surface area contributed by atoms with Crippen molar-refractivity contribution in [3.05, 3.63) is 0 Å². The molecule has 0 spiro atoms. The molecular formula is C11H21NO. The normalized spacial score (nSPS) is 34.2. The fourth-order valence-electron chi connectivity index (χ4n) is 2.46. The third-order valence-electron chi connectivity index (χ3n) is 3.21. The minimum absolute atomic E-state index is 0.143. The minimum atomic E-state index is 0.143. The topological polar surface area (TPSA) is 12.5 Å². The van der Waals surface area contributed by atoms with Crippen molar-refractivity contribution in [1.82, 2.24) is 4.90 Å². The summed E-state index contributed by atoms with van der Waals surface area (Å²) in [7, 11) is 0. The zero-order valence-electron chi connectivity index (χ0n) is 8.88. The molecule has 0 bridgehead atoms. The molecule has 0 aromatic rings. The van der Waals surface area contributed by atoms with E-state index in [0.717, 1.165) is 0 Å². The van der Waals surface area contributed by atoms with Crippen LogP contribution in [0.15, 0.2) is 0 Å². The van der Waals surface area contributed by atoms with Crippen molar-refractivity contribution < 1.29 is 4.74 Å². The Hall–Kier alpha value is -0.0800. The number of likely N-dealkylation sites (tertiary alicyclic amines) is 1. The van der Waals surface area contributed by atoms with Gasteiger partial charge < -0.3 is 9.64 Å². The van der Waals surface area contributed by atoms with E-state index in [2.05, 4.69) is 18.7 Å². The van der Waals surface area contributed by atoms with Gasteiger partial charge in [0.25, 0.3) is 0 Å². The van der Waals surface area contributed by atoms with E-state index in [-0.39, 0.29) is 5.60 Å². The fraction of sp³-hybridized carbons (Fsp3) is 1.00. The number of nitrogens with zero attached hydrogens (tertiary/aromatic N) is 1. The Morgan fingerprint density at radius 3 is 2.54 bits per heavy atom. The van der Waals surface area contributed by atoms with Gasteiger partial charge in [-0.15, -0.1) is 0 Å². The van der Waals surface area contributed by atoms with Gasteiger partial charge in [-0.3, -0.25) is 0 Å². The van der Waals surface area contributed by atoms with Crippen molar-refractivity contribution in [3.8, 4) is 0 Å². The molecule has 2 heteroatoms. The highest BCUT2D eigenvalue weighted by Gasteiger charge is 2.32. The second kappa shape index (κ2) is 3.58. The zero-order valence-corrected chi connectivity index (χ0v) is 8.88. The molecule has 0 N–H and O–H groups in total. The Bertz CT molecular complexity index is 173. The summed E-state index contributed by atoms with van der Waals surface area (Å²) in [5.74, 6) is 0. The average Bonchev–Trinajstić information content (AvgIpc) is 2.61. The summed E-state index contributed by atoms with van der Waals surface area (Å²) in [6.07, 6.45) is 5.76. The van der Waals surface area contributed by atoms with Crippen LogP contribution in [0.1, 0.15) is 39.5 Å². The van der Waals surface area contributed by atoms with Crippen molar-refractivity contribution in [2.45, 2.75) is 51.2 Å². The number of rotatable bonds is 2. The van der Waals surface area contributed by atoms with E-state index < -0.39 is 0 Å². The molecule has 0 aromatic carbocycles. The highest BCUT2D eigenvalue weighted by atomic mass is 16.5. The van der Waals surface area contributed by atoms with Crippen LogP contribution in [0.5, 0.6) is 0 Å². The van der Waals surface area contributed by atoms with E-state index in [9.17, 15) is 0 Å². The van der Waals surface area contributed by atoms with Crippen molar-refractivity contribution in [3.63, 3.8) is 0 Å². The van der Waals surface area contributed by atoms with Gasteiger partial charge in [-0.05, 0) is 52.6 Å². The molecule has 0 amide bonds. The molecule has 2 aliphatic rings. The van der Waals surface area contributed by atoms with Gasteiger partial charge >= 0.3 is 0 Å². The predicted octanol–water partition coefficient (Wildman–Crippen LogP) is 2.04. The summed E-state index contributed by atoms with van der Waals surface area (Å²) in [5.41, 5.74) is 0.143. The largest absolute Gasteiger partial charge is 0.371 e. The maximum Gasteiger partial charge on any atom is 0.0710 e. The summed E-state index contributed by atoms with van der Waals surface area (Å²) < 4.78 is 5.97. The first kappa shape index (κ1) is 9.47. The summed E-state index contributed by atoms with van der Waals surface area (Å²) in [6, 6.07) is 0. The first-order valence-corrected chi connectivity index (χ1v) is 5.56. The molecule has 2 aliphatic heterocycles. The third-order valence-corrected chi connectivity index (χ3v) is 3.21. The van der Waals surface area contributed by atoms with E-state index in [1.165, 1.54) is 45.3 Å². The SMILES string of the molecule is CC1(C)CCC(CN2CCCC2)O1. The highest BCUT2D eigenvalue weighted by Crippen LogP contribution is 2.30. The van der Waals surface area contributed by atoms with Gasteiger partial charge in [0, 0.05) is 6.54 Å². The fourth-order valence-corrected chi connectivity index (χ4v) is 2.46. The molecule has 2 nitrogen and oxygen atoms in total. The van der Waals surface area contributed by atoms with Gasteiger partial charge in [0.05, 0.1) is 11.7 Å². The number of hydrogen-bond acceptors (Lipinski definition) is 2. The molecule has 2 fully saturated rings. The van der Waals surface area contributed by atoms with Crippen LogP contribution in [0.3, 0.4) is 0 Å². The Labute approximate surface area is 81.3 Å². The van der Waals surface area contributed by atoms with Gasteiger partial charge in [0.15, 0.2) is 0 Å². The monoisotopic (exact) mass is 183 g/mol. The Morgan fingerprint density at radius 1 is 1.31 bits per heavy atom. The van der Waals surface area contributed by atoms with Crippen LogP contribution in [0.4, 0.5) is 0 Å². The minimum Gasteiger partial charge on any atom is -0.371 e. The highest BCUT2D eigenvalue weighted by molar-refractivity contribution is 4.83. The predicted molar refractivity (Wildman–Crippen MR) is 53.9 cm³/mol. The van der Waals surface area contributed by atoms with Crippen LogP contribution in [-0.2, 0) is 4.74 Å². The number of ether oxygens (including phenoxy) is 1. The van der Waals surface area contributed by atoms with Gasteiger partial charge in [-0.1, -0.05) is 0 Å². The van der Waals surface area contributed by atoms with Gasteiger partial charge in [-0.25, -0.2) is 0 Å². The van der Waals surface area contributed by atoms with Crippen LogP contribution in [-0.4, -0.2) is 36.2 Å². The molecule has 1 atom stereocenters. The molecule has 76 valence electrons. The van der Waals surface area contributed by atoms with E-state index in [1.54, 1.807) is 0 Å². The quantitative estimate of drug-likeness (QED) is 0.649. The van der Waals surface area contributed by atoms with Crippen molar-refractivity contribution in [2.24, 2.45) is 0 Å². The lowest BCUT2D eigenvalue weighted by Crippen LogP contribution is -2.31. The Balaban J connectivity index is 1.77. The molecule has 0 aromatic heterocycles. The van der Waals surface area contributed by atoms with Gasteiger partial charge in [0.2, 0.25) is 0 Å². The molecule has 0 aliphatic carbocycles. The summed E-state index contributed by atoms with van der Waals surface area (Å²) in [6.45, 7) is 8.16. The molecule has 0 radical (unpaired) electrons. The van der Waals surface area contributed by atoms with Crippen LogP contribution in [0.2, 0.25) is 0 Å². The van der Waals surface area contributed by atoms with E-state index >= 15 is 0 Å². The van der Waals surface area contributed by atoms with Gasteiger partial charge in [-0.2, -0.15) is 0 Å². The smallest absolute Gasteiger partial charge is 0.0710 e. The van der Waals surface area contributed by atoms with Crippen LogP contribution >= 0.6 is 0 Å². The van der Waals surface area contributed by atoms with Crippen LogP contribution < -0.4 is 0 Å². The molecular weight excluding hydrogens is 162 g/mol. The first-order valence-electron chi connectivity index (χ1n) is 5.56. The van der Waals surface area contributed by atoms with Crippen molar-refractivity contribution >= 4 is 0 Å². The van der Waals surface area contributed by atoms with E-state index in [4.69, 9.17) is 4.74 Å². The molecule has 2 saturated heterocycles. The third kappa shape index (κ3) is 2.44.